The highest BCUT2D eigenvalue weighted by atomic mass is 35.5. The Balaban J connectivity index is 1.74. The van der Waals surface area contributed by atoms with Gasteiger partial charge in [0.25, 0.3) is 0 Å². The molecule has 0 unspecified atom stereocenters. The minimum absolute atomic E-state index is 0.111. The van der Waals surface area contributed by atoms with Crippen LogP contribution in [0.25, 0.3) is 11.4 Å². The first-order valence-electron chi connectivity index (χ1n) is 8.97. The van der Waals surface area contributed by atoms with Crippen LogP contribution in [0.2, 0.25) is 5.02 Å². The van der Waals surface area contributed by atoms with Crippen molar-refractivity contribution in [3.05, 3.63) is 53.3 Å². The van der Waals surface area contributed by atoms with E-state index >= 15 is 0 Å². The van der Waals surface area contributed by atoms with Gasteiger partial charge in [0.05, 0.1) is 5.75 Å². The Labute approximate surface area is 173 Å². The van der Waals surface area contributed by atoms with Gasteiger partial charge in [-0.1, -0.05) is 43.3 Å². The maximum Gasteiger partial charge on any atom is 0.234 e. The lowest BCUT2D eigenvalue weighted by molar-refractivity contribution is -0.113. The molecule has 3 aromatic rings. The summed E-state index contributed by atoms with van der Waals surface area (Å²) < 4.78 is 2.06. The standard InChI is InChI=1S/C20H22ClN5OS/c1-13(2)11-26-19(15-7-9-22-10-8-15)24-25-20(26)28-12-18(27)23-17-6-4-5-16(21)14(17)3/h4-10,13H,11-12H2,1-3H3,(H,23,27). The fourth-order valence-corrected chi connectivity index (χ4v) is 3.62. The quantitative estimate of drug-likeness (QED) is 0.567. The number of anilines is 1. The van der Waals surface area contributed by atoms with Crippen LogP contribution in [-0.2, 0) is 11.3 Å². The Morgan fingerprint density at radius 1 is 1.21 bits per heavy atom. The second-order valence-corrected chi connectivity index (χ2v) is 8.15. The van der Waals surface area contributed by atoms with Crippen molar-refractivity contribution in [1.29, 1.82) is 0 Å². The molecule has 0 radical (unpaired) electrons. The molecule has 146 valence electrons. The molecule has 2 aromatic heterocycles. The number of nitrogens with one attached hydrogen (secondary N) is 1. The van der Waals surface area contributed by atoms with E-state index in [-0.39, 0.29) is 11.7 Å². The van der Waals surface area contributed by atoms with Crippen LogP contribution in [-0.4, -0.2) is 31.4 Å². The smallest absolute Gasteiger partial charge is 0.234 e. The Morgan fingerprint density at radius 2 is 1.96 bits per heavy atom. The molecule has 2 heterocycles. The molecule has 0 aliphatic carbocycles. The number of nitrogens with zero attached hydrogens (tertiary/aromatic N) is 4. The summed E-state index contributed by atoms with van der Waals surface area (Å²) in [4.78, 5) is 16.5. The Bertz CT molecular complexity index is 958. The van der Waals surface area contributed by atoms with Crippen molar-refractivity contribution in [2.45, 2.75) is 32.5 Å². The zero-order valence-corrected chi connectivity index (χ0v) is 17.6. The molecule has 0 aliphatic rings. The van der Waals surface area contributed by atoms with E-state index in [4.69, 9.17) is 11.6 Å². The first-order chi connectivity index (χ1) is 13.5. The summed E-state index contributed by atoms with van der Waals surface area (Å²) in [6, 6.07) is 9.27. The van der Waals surface area contributed by atoms with Crippen molar-refractivity contribution in [2.75, 3.05) is 11.1 Å². The van der Waals surface area contributed by atoms with Gasteiger partial charge in [0.15, 0.2) is 11.0 Å². The van der Waals surface area contributed by atoms with E-state index in [1.54, 1.807) is 18.5 Å². The van der Waals surface area contributed by atoms with E-state index in [1.807, 2.05) is 31.2 Å². The molecule has 8 heteroatoms. The lowest BCUT2D eigenvalue weighted by Gasteiger charge is -2.13. The van der Waals surface area contributed by atoms with Gasteiger partial charge >= 0.3 is 0 Å². The third kappa shape index (κ3) is 4.91. The molecule has 0 spiro atoms. The minimum atomic E-state index is -0.111. The van der Waals surface area contributed by atoms with Gasteiger partial charge in [-0.15, -0.1) is 10.2 Å². The van der Waals surface area contributed by atoms with Gasteiger partial charge in [-0.2, -0.15) is 0 Å². The second-order valence-electron chi connectivity index (χ2n) is 6.80. The molecular weight excluding hydrogens is 394 g/mol. The number of amides is 1. The van der Waals surface area contributed by atoms with Crippen molar-refractivity contribution in [3.8, 4) is 11.4 Å². The highest BCUT2D eigenvalue weighted by molar-refractivity contribution is 7.99. The first-order valence-corrected chi connectivity index (χ1v) is 10.3. The van der Waals surface area contributed by atoms with E-state index < -0.39 is 0 Å². The zero-order chi connectivity index (χ0) is 20.1. The average molecular weight is 416 g/mol. The average Bonchev–Trinajstić information content (AvgIpc) is 3.06. The second kappa shape index (κ2) is 9.21. The predicted octanol–water partition coefficient (Wildman–Crippen LogP) is 4.69. The lowest BCUT2D eigenvalue weighted by Crippen LogP contribution is -2.16. The number of aromatic nitrogens is 4. The van der Waals surface area contributed by atoms with E-state index in [0.29, 0.717) is 10.9 Å². The van der Waals surface area contributed by atoms with Crippen molar-refractivity contribution in [1.82, 2.24) is 19.7 Å². The molecule has 0 atom stereocenters. The molecular formula is C20H22ClN5OS. The van der Waals surface area contributed by atoms with Crippen LogP contribution >= 0.6 is 23.4 Å². The maximum absolute atomic E-state index is 12.4. The first kappa shape index (κ1) is 20.4. The summed E-state index contributed by atoms with van der Waals surface area (Å²) >= 11 is 7.49. The molecule has 0 saturated heterocycles. The fourth-order valence-electron chi connectivity index (χ4n) is 2.70. The SMILES string of the molecule is Cc1c(Cl)cccc1NC(=O)CSc1nnc(-c2ccncc2)n1CC(C)C. The van der Waals surface area contributed by atoms with E-state index in [1.165, 1.54) is 11.8 Å². The van der Waals surface area contributed by atoms with Crippen LogP contribution in [0.4, 0.5) is 5.69 Å². The topological polar surface area (TPSA) is 72.7 Å². The van der Waals surface area contributed by atoms with E-state index in [0.717, 1.165) is 34.3 Å². The van der Waals surface area contributed by atoms with Crippen LogP contribution in [0.5, 0.6) is 0 Å². The molecule has 28 heavy (non-hydrogen) atoms. The van der Waals surface area contributed by atoms with E-state index in [2.05, 4.69) is 38.9 Å². The van der Waals surface area contributed by atoms with Gasteiger partial charge in [0.1, 0.15) is 0 Å². The molecule has 0 aliphatic heterocycles. The summed E-state index contributed by atoms with van der Waals surface area (Å²) in [5.41, 5.74) is 2.53. The molecule has 1 N–H and O–H groups in total. The van der Waals surface area contributed by atoms with Gasteiger partial charge in [0, 0.05) is 35.2 Å². The molecule has 6 nitrogen and oxygen atoms in total. The molecule has 0 bridgehead atoms. The summed E-state index contributed by atoms with van der Waals surface area (Å²) in [6.45, 7) is 6.92. The summed E-state index contributed by atoms with van der Waals surface area (Å²) in [5, 5.41) is 12.9. The number of carbonyl (C=O) groups is 1. The number of carbonyl (C=O) groups excluding carboxylic acids is 1. The van der Waals surface area contributed by atoms with Crippen LogP contribution in [0.15, 0.2) is 47.9 Å². The summed E-state index contributed by atoms with van der Waals surface area (Å²) in [5.74, 6) is 1.32. The number of hydrogen-bond acceptors (Lipinski definition) is 5. The fraction of sp³-hybridized carbons (Fsp3) is 0.300. The normalized spacial score (nSPS) is 11.0. The van der Waals surface area contributed by atoms with Gasteiger partial charge in [-0.3, -0.25) is 9.78 Å². The number of pyridine rings is 1. The van der Waals surface area contributed by atoms with Crippen molar-refractivity contribution in [3.63, 3.8) is 0 Å². The maximum atomic E-state index is 12.4. The monoisotopic (exact) mass is 415 g/mol. The number of halogens is 1. The van der Waals surface area contributed by atoms with Crippen LogP contribution < -0.4 is 5.32 Å². The zero-order valence-electron chi connectivity index (χ0n) is 16.0. The van der Waals surface area contributed by atoms with Crippen LogP contribution in [0.3, 0.4) is 0 Å². The highest BCUT2D eigenvalue weighted by Crippen LogP contribution is 2.26. The largest absolute Gasteiger partial charge is 0.325 e. The van der Waals surface area contributed by atoms with Crippen molar-refractivity contribution >= 4 is 35.0 Å². The van der Waals surface area contributed by atoms with E-state index in [9.17, 15) is 4.79 Å². The molecule has 3 rings (SSSR count). The van der Waals surface area contributed by atoms with Crippen molar-refractivity contribution < 1.29 is 4.79 Å². The molecule has 0 saturated carbocycles. The Hall–Kier alpha value is -2.38. The Morgan fingerprint density at radius 3 is 2.68 bits per heavy atom. The summed E-state index contributed by atoms with van der Waals surface area (Å²) in [7, 11) is 0. The third-order valence-corrected chi connectivity index (χ3v) is 5.45. The number of rotatable bonds is 7. The van der Waals surface area contributed by atoms with Crippen molar-refractivity contribution in [2.24, 2.45) is 5.92 Å². The van der Waals surface area contributed by atoms with Gasteiger partial charge < -0.3 is 9.88 Å². The number of thioether (sulfide) groups is 1. The molecule has 0 fully saturated rings. The minimum Gasteiger partial charge on any atom is -0.325 e. The summed E-state index contributed by atoms with van der Waals surface area (Å²) in [6.07, 6.45) is 3.47. The van der Waals surface area contributed by atoms with Gasteiger partial charge in [-0.05, 0) is 42.7 Å². The predicted molar refractivity (Wildman–Crippen MR) is 114 cm³/mol. The molecule has 1 aromatic carbocycles. The molecule has 1 amide bonds. The third-order valence-electron chi connectivity index (χ3n) is 4.08. The van der Waals surface area contributed by atoms with Gasteiger partial charge in [-0.25, -0.2) is 0 Å². The lowest BCUT2D eigenvalue weighted by atomic mass is 10.2. The van der Waals surface area contributed by atoms with Gasteiger partial charge in [0.2, 0.25) is 5.91 Å². The number of benzene rings is 1. The van der Waals surface area contributed by atoms with Crippen LogP contribution in [0.1, 0.15) is 19.4 Å². The highest BCUT2D eigenvalue weighted by Gasteiger charge is 2.17. The van der Waals surface area contributed by atoms with Crippen LogP contribution in [0, 0.1) is 12.8 Å². The Kier molecular flexibility index (Phi) is 6.70. The number of hydrogen-bond donors (Lipinski definition) is 1.